The van der Waals surface area contributed by atoms with E-state index in [0.29, 0.717) is 35.5 Å². The van der Waals surface area contributed by atoms with Crippen LogP contribution in [0.2, 0.25) is 0 Å². The lowest BCUT2D eigenvalue weighted by Crippen LogP contribution is -2.59. The number of rotatable bonds is 8. The number of fused-ring (bicyclic) bond motifs is 5. The van der Waals surface area contributed by atoms with Crippen LogP contribution in [0.3, 0.4) is 0 Å². The maximum Gasteiger partial charge on any atom is 0.264 e. The van der Waals surface area contributed by atoms with Crippen molar-refractivity contribution < 1.29 is 30.3 Å². The smallest absolute Gasteiger partial charge is 0.264 e. The third-order valence-electron chi connectivity index (χ3n) is 10.9. The van der Waals surface area contributed by atoms with Crippen LogP contribution < -0.4 is 0 Å². The average Bonchev–Trinajstić information content (AvgIpc) is 3.09. The lowest BCUT2D eigenvalue weighted by molar-refractivity contribution is -0.165. The van der Waals surface area contributed by atoms with Crippen LogP contribution in [0.5, 0.6) is 0 Å². The Kier molecular flexibility index (Phi) is 7.81. The van der Waals surface area contributed by atoms with Crippen molar-refractivity contribution in [3.63, 3.8) is 0 Å². The van der Waals surface area contributed by atoms with Crippen LogP contribution >= 0.6 is 0 Å². The van der Waals surface area contributed by atoms with Crippen LogP contribution in [0.1, 0.15) is 85.0 Å². The fourth-order valence-corrected chi connectivity index (χ4v) is 10.8. The number of hydrogen-bond donors (Lipinski definition) is 1. The molecule has 4 aliphatic carbocycles. The Labute approximate surface area is 213 Å². The minimum atomic E-state index is -3.61. The van der Waals surface area contributed by atoms with Gasteiger partial charge in [-0.05, 0) is 105 Å². The van der Waals surface area contributed by atoms with E-state index in [2.05, 4.69) is 20.8 Å². The third kappa shape index (κ3) is 5.36. The quantitative estimate of drug-likeness (QED) is 0.461. The minimum Gasteiger partial charge on any atom is -0.396 e. The van der Waals surface area contributed by atoms with Crippen LogP contribution in [0, 0.1) is 46.3 Å². The maximum atomic E-state index is 12.4. The average molecular weight is 535 g/mol. The van der Waals surface area contributed by atoms with Gasteiger partial charge in [0.25, 0.3) is 20.2 Å². The summed E-state index contributed by atoms with van der Waals surface area (Å²) in [5, 5.41) is 9.39. The molecule has 4 fully saturated rings. The lowest BCUT2D eigenvalue weighted by atomic mass is 9.43. The molecule has 0 unspecified atom stereocenters. The molecule has 0 heterocycles. The second kappa shape index (κ2) is 9.83. The second-order valence-corrected chi connectivity index (χ2v) is 16.0. The molecule has 4 rings (SSSR count). The van der Waals surface area contributed by atoms with Crippen LogP contribution in [-0.4, -0.2) is 53.3 Å². The molecule has 35 heavy (non-hydrogen) atoms. The highest BCUT2D eigenvalue weighted by Gasteiger charge is 2.65. The first kappa shape index (κ1) is 27.8. The zero-order valence-corrected chi connectivity index (χ0v) is 23.7. The first-order valence-corrected chi connectivity index (χ1v) is 17.2. The van der Waals surface area contributed by atoms with E-state index in [-0.39, 0.29) is 29.6 Å². The molecule has 204 valence electrons. The Morgan fingerprint density at radius 1 is 0.914 bits per heavy atom. The highest BCUT2D eigenvalue weighted by Crippen LogP contribution is 2.69. The van der Waals surface area contributed by atoms with E-state index in [1.165, 1.54) is 6.26 Å². The molecule has 0 aromatic heterocycles. The van der Waals surface area contributed by atoms with Crippen molar-refractivity contribution >= 4 is 20.2 Å². The van der Waals surface area contributed by atoms with Crippen molar-refractivity contribution in [2.24, 2.45) is 46.3 Å². The van der Waals surface area contributed by atoms with Gasteiger partial charge in [0.2, 0.25) is 0 Å². The maximum absolute atomic E-state index is 12.4. The first-order valence-electron chi connectivity index (χ1n) is 13.6. The molecule has 9 heteroatoms. The molecule has 0 aromatic carbocycles. The zero-order valence-electron chi connectivity index (χ0n) is 22.1. The van der Waals surface area contributed by atoms with Gasteiger partial charge in [0.05, 0.1) is 24.7 Å². The summed E-state index contributed by atoms with van der Waals surface area (Å²) >= 11 is 0. The topological polar surface area (TPSA) is 107 Å². The Bertz CT molecular complexity index is 980. The van der Waals surface area contributed by atoms with E-state index in [0.717, 1.165) is 70.5 Å². The molecule has 7 nitrogen and oxygen atoms in total. The summed E-state index contributed by atoms with van der Waals surface area (Å²) in [5.74, 6) is 2.52. The Hall–Kier alpha value is -0.220. The van der Waals surface area contributed by atoms with Gasteiger partial charge in [0, 0.05) is 12.0 Å². The Morgan fingerprint density at radius 3 is 2.23 bits per heavy atom. The van der Waals surface area contributed by atoms with Crippen LogP contribution in [0.4, 0.5) is 0 Å². The molecule has 0 aromatic rings. The number of aliphatic hydroxyl groups excluding tert-OH is 1. The first-order chi connectivity index (χ1) is 16.2. The third-order valence-corrected chi connectivity index (χ3v) is 12.1. The van der Waals surface area contributed by atoms with Crippen molar-refractivity contribution in [2.75, 3.05) is 19.1 Å². The predicted octanol–water partition coefficient (Wildman–Crippen LogP) is 4.35. The fourth-order valence-electron chi connectivity index (χ4n) is 9.42. The van der Waals surface area contributed by atoms with E-state index < -0.39 is 20.2 Å². The Balaban J connectivity index is 1.63. The summed E-state index contributed by atoms with van der Waals surface area (Å²) in [6.45, 7) is 7.11. The molecule has 0 saturated heterocycles. The number of aliphatic hydroxyl groups is 1. The van der Waals surface area contributed by atoms with Gasteiger partial charge < -0.3 is 5.11 Å². The van der Waals surface area contributed by atoms with Crippen molar-refractivity contribution in [3.05, 3.63) is 0 Å². The van der Waals surface area contributed by atoms with Gasteiger partial charge in [-0.25, -0.2) is 0 Å². The van der Waals surface area contributed by atoms with Gasteiger partial charge >= 0.3 is 0 Å². The summed E-state index contributed by atoms with van der Waals surface area (Å²) in [6.07, 6.45) is 11.0. The van der Waals surface area contributed by atoms with Gasteiger partial charge in [-0.2, -0.15) is 16.8 Å². The van der Waals surface area contributed by atoms with Gasteiger partial charge in [-0.3, -0.25) is 8.37 Å². The van der Waals surface area contributed by atoms with E-state index in [9.17, 15) is 21.9 Å². The molecule has 0 radical (unpaired) electrons. The van der Waals surface area contributed by atoms with Gasteiger partial charge in [-0.1, -0.05) is 20.8 Å². The van der Waals surface area contributed by atoms with Crippen LogP contribution in [0.15, 0.2) is 0 Å². The van der Waals surface area contributed by atoms with Crippen molar-refractivity contribution in [1.82, 2.24) is 0 Å². The van der Waals surface area contributed by atoms with Gasteiger partial charge in [-0.15, -0.1) is 0 Å². The zero-order chi connectivity index (χ0) is 25.8. The summed E-state index contributed by atoms with van der Waals surface area (Å²) < 4.78 is 59.8. The van der Waals surface area contributed by atoms with E-state index in [1.807, 2.05) is 0 Å². The van der Waals surface area contributed by atoms with E-state index in [1.54, 1.807) is 0 Å². The lowest BCUT2D eigenvalue weighted by Gasteiger charge is -2.63. The van der Waals surface area contributed by atoms with E-state index >= 15 is 0 Å². The summed E-state index contributed by atoms with van der Waals surface area (Å²) in [7, 11) is -7.09. The van der Waals surface area contributed by atoms with Gasteiger partial charge in [0.15, 0.2) is 0 Å². The summed E-state index contributed by atoms with van der Waals surface area (Å²) in [6, 6.07) is 0. The monoisotopic (exact) mass is 534 g/mol. The number of hydrogen-bond acceptors (Lipinski definition) is 7. The summed E-state index contributed by atoms with van der Waals surface area (Å²) in [4.78, 5) is 0. The predicted molar refractivity (Wildman–Crippen MR) is 136 cm³/mol. The molecule has 1 N–H and O–H groups in total. The van der Waals surface area contributed by atoms with Crippen molar-refractivity contribution in [3.8, 4) is 0 Å². The molecular formula is C26H46O7S2. The van der Waals surface area contributed by atoms with Gasteiger partial charge in [0.1, 0.15) is 0 Å². The molecule has 0 bridgehead atoms. The van der Waals surface area contributed by atoms with Crippen molar-refractivity contribution in [2.45, 2.75) is 97.2 Å². The largest absolute Gasteiger partial charge is 0.396 e. The molecular weight excluding hydrogens is 488 g/mol. The minimum absolute atomic E-state index is 0.0430. The SMILES string of the molecule is C[C@H](CCCO)[C@H]1CC[C@H]2[C@@H]3CC[C@@H]4C[C@H](OS(C)(=O)=O)CC[C@]4(C)[C@H]3C[C@H](OS(C)(=O)=O)[C@]12C. The summed E-state index contributed by atoms with van der Waals surface area (Å²) in [5.41, 5.74) is -0.153. The Morgan fingerprint density at radius 2 is 1.60 bits per heavy atom. The second-order valence-electron chi connectivity index (χ2n) is 12.8. The van der Waals surface area contributed by atoms with Crippen molar-refractivity contribution in [1.29, 1.82) is 0 Å². The normalized spacial score (nSPS) is 44.8. The molecule has 4 saturated carbocycles. The molecule has 10 atom stereocenters. The van der Waals surface area contributed by atoms with Crippen LogP contribution in [-0.2, 0) is 28.6 Å². The van der Waals surface area contributed by atoms with E-state index in [4.69, 9.17) is 8.37 Å². The standard InChI is InChI=1S/C26H46O7S2/c1-17(7-6-14-27)21-10-11-22-20-9-8-18-15-19(32-34(4,28)29)12-13-25(18,2)23(20)16-24(26(21,22)3)33-35(5,30)31/h17-24,27H,6-16H2,1-5H3/t17-,18-,19-,20+,21-,22+,23+,24+,25+,26-/m1/s1. The highest BCUT2D eigenvalue weighted by atomic mass is 32.2. The highest BCUT2D eigenvalue weighted by molar-refractivity contribution is 7.86. The molecule has 4 aliphatic rings. The fraction of sp³-hybridized carbons (Fsp3) is 1.00. The molecule has 0 spiro atoms. The van der Waals surface area contributed by atoms with Crippen LogP contribution in [0.25, 0.3) is 0 Å². The molecule has 0 amide bonds. The molecule has 0 aliphatic heterocycles.